The van der Waals surface area contributed by atoms with Gasteiger partial charge in [-0.25, -0.2) is 18.4 Å². The number of sulfonamides is 1. The zero-order chi connectivity index (χ0) is 19.7. The van der Waals surface area contributed by atoms with E-state index < -0.39 is 10.0 Å². The maximum absolute atomic E-state index is 12.6. The second kappa shape index (κ2) is 6.79. The second-order valence-corrected chi connectivity index (χ2v) is 7.84. The summed E-state index contributed by atoms with van der Waals surface area (Å²) in [5, 5.41) is 8.85. The van der Waals surface area contributed by atoms with Gasteiger partial charge in [0.05, 0.1) is 22.2 Å². The molecular formula is C20H15N5O2S. The van der Waals surface area contributed by atoms with E-state index in [1.807, 2.05) is 35.7 Å². The largest absolute Gasteiger partial charge is 0.288 e. The van der Waals surface area contributed by atoms with E-state index in [0.717, 1.165) is 17.0 Å². The molecule has 0 atom stereocenters. The first-order valence-electron chi connectivity index (χ1n) is 8.41. The molecule has 0 aliphatic heterocycles. The molecule has 4 rings (SSSR count). The Kier molecular flexibility index (Phi) is 4.29. The van der Waals surface area contributed by atoms with E-state index in [1.54, 1.807) is 24.4 Å². The molecule has 8 heteroatoms. The van der Waals surface area contributed by atoms with Crippen molar-refractivity contribution in [3.05, 3.63) is 78.2 Å². The smallest absolute Gasteiger partial charge is 0.261 e. The lowest BCUT2D eigenvalue weighted by molar-refractivity contribution is 0.601. The number of aromatic nitrogens is 3. The molecule has 4 aromatic rings. The van der Waals surface area contributed by atoms with Gasteiger partial charge in [0.25, 0.3) is 10.0 Å². The van der Waals surface area contributed by atoms with E-state index in [-0.39, 0.29) is 4.90 Å². The molecule has 2 aromatic heterocycles. The fourth-order valence-electron chi connectivity index (χ4n) is 2.93. The molecule has 1 N–H and O–H groups in total. The number of imidazole rings is 1. The highest BCUT2D eigenvalue weighted by molar-refractivity contribution is 7.92. The Morgan fingerprint density at radius 1 is 1.11 bits per heavy atom. The van der Waals surface area contributed by atoms with Gasteiger partial charge in [0, 0.05) is 29.3 Å². The molecule has 0 amide bonds. The monoisotopic (exact) mass is 389 g/mol. The van der Waals surface area contributed by atoms with E-state index in [2.05, 4.69) is 14.7 Å². The summed E-state index contributed by atoms with van der Waals surface area (Å²) in [6.07, 6.45) is 3.55. The topological polar surface area (TPSA) is 100 Å². The summed E-state index contributed by atoms with van der Waals surface area (Å²) in [4.78, 5) is 8.87. The van der Waals surface area contributed by atoms with Gasteiger partial charge in [0.15, 0.2) is 0 Å². The first kappa shape index (κ1) is 17.7. The lowest BCUT2D eigenvalue weighted by Crippen LogP contribution is -2.12. The van der Waals surface area contributed by atoms with Gasteiger partial charge in [-0.3, -0.25) is 9.12 Å². The molecule has 138 valence electrons. The lowest BCUT2D eigenvalue weighted by atomic mass is 10.1. The Morgan fingerprint density at radius 3 is 2.61 bits per heavy atom. The lowest BCUT2D eigenvalue weighted by Gasteiger charge is -2.09. The van der Waals surface area contributed by atoms with E-state index in [1.165, 1.54) is 24.3 Å². The van der Waals surface area contributed by atoms with Crippen molar-refractivity contribution in [1.29, 1.82) is 5.26 Å². The van der Waals surface area contributed by atoms with Gasteiger partial charge >= 0.3 is 0 Å². The van der Waals surface area contributed by atoms with Crippen molar-refractivity contribution in [3.8, 4) is 17.3 Å². The molecular weight excluding hydrogens is 374 g/mol. The predicted octanol–water partition coefficient (Wildman–Crippen LogP) is 3.38. The molecule has 0 saturated carbocycles. The van der Waals surface area contributed by atoms with Gasteiger partial charge in [0.1, 0.15) is 0 Å². The van der Waals surface area contributed by atoms with Crippen LogP contribution in [0, 0.1) is 18.3 Å². The molecule has 0 bridgehead atoms. The minimum Gasteiger partial charge on any atom is -0.288 e. The summed E-state index contributed by atoms with van der Waals surface area (Å²) in [6.45, 7) is 1.94. The SMILES string of the molecule is Cc1c(-c2cccc(NS(=O)(=O)c3ccc(C#N)cc3)c2)nc2ncccn12. The van der Waals surface area contributed by atoms with Crippen molar-refractivity contribution in [1.82, 2.24) is 14.4 Å². The number of hydrogen-bond acceptors (Lipinski definition) is 5. The molecule has 2 aromatic carbocycles. The highest BCUT2D eigenvalue weighted by atomic mass is 32.2. The standard InChI is InChI=1S/C20H15N5O2S/c1-14-19(23-20-22-10-3-11-25(14)20)16-4-2-5-17(12-16)24-28(26,27)18-8-6-15(13-21)7-9-18/h2-12,24H,1H3. The third-order valence-electron chi connectivity index (χ3n) is 4.32. The third-order valence-corrected chi connectivity index (χ3v) is 5.72. The molecule has 0 spiro atoms. The number of rotatable bonds is 4. The van der Waals surface area contributed by atoms with Crippen molar-refractivity contribution in [3.63, 3.8) is 0 Å². The van der Waals surface area contributed by atoms with Crippen LogP contribution in [-0.4, -0.2) is 22.8 Å². The van der Waals surface area contributed by atoms with Gasteiger partial charge in [0.2, 0.25) is 5.78 Å². The van der Waals surface area contributed by atoms with Crippen molar-refractivity contribution in [2.45, 2.75) is 11.8 Å². The Bertz CT molecular complexity index is 1320. The summed E-state index contributed by atoms with van der Waals surface area (Å²) >= 11 is 0. The van der Waals surface area contributed by atoms with Crippen LogP contribution >= 0.6 is 0 Å². The van der Waals surface area contributed by atoms with Crippen LogP contribution in [0.4, 0.5) is 5.69 Å². The van der Waals surface area contributed by atoms with E-state index >= 15 is 0 Å². The molecule has 0 unspecified atom stereocenters. The Morgan fingerprint density at radius 2 is 1.89 bits per heavy atom. The number of nitriles is 1. The fourth-order valence-corrected chi connectivity index (χ4v) is 3.98. The summed E-state index contributed by atoms with van der Waals surface area (Å²) in [6, 6.07) is 16.6. The van der Waals surface area contributed by atoms with E-state index in [4.69, 9.17) is 5.26 Å². The van der Waals surface area contributed by atoms with Crippen LogP contribution in [0.2, 0.25) is 0 Å². The van der Waals surface area contributed by atoms with Gasteiger partial charge < -0.3 is 0 Å². The van der Waals surface area contributed by atoms with Crippen LogP contribution in [0.5, 0.6) is 0 Å². The second-order valence-electron chi connectivity index (χ2n) is 6.16. The van der Waals surface area contributed by atoms with Crippen LogP contribution in [0.3, 0.4) is 0 Å². The predicted molar refractivity (Wildman–Crippen MR) is 105 cm³/mol. The zero-order valence-corrected chi connectivity index (χ0v) is 15.7. The summed E-state index contributed by atoms with van der Waals surface area (Å²) in [7, 11) is -3.77. The van der Waals surface area contributed by atoms with Crippen molar-refractivity contribution in [2.75, 3.05) is 4.72 Å². The molecule has 28 heavy (non-hydrogen) atoms. The van der Waals surface area contributed by atoms with Crippen molar-refractivity contribution < 1.29 is 8.42 Å². The average molecular weight is 389 g/mol. The maximum Gasteiger partial charge on any atom is 0.261 e. The van der Waals surface area contributed by atoms with Gasteiger partial charge in [-0.05, 0) is 49.4 Å². The normalized spacial score (nSPS) is 11.3. The number of benzene rings is 2. The fraction of sp³-hybridized carbons (Fsp3) is 0.0500. The van der Waals surface area contributed by atoms with Crippen LogP contribution < -0.4 is 4.72 Å². The maximum atomic E-state index is 12.6. The van der Waals surface area contributed by atoms with Crippen LogP contribution in [0.15, 0.2) is 71.9 Å². The summed E-state index contributed by atoms with van der Waals surface area (Å²) < 4.78 is 29.7. The minimum absolute atomic E-state index is 0.0880. The number of anilines is 1. The van der Waals surface area contributed by atoms with Gasteiger partial charge in [-0.1, -0.05) is 12.1 Å². The number of nitrogens with zero attached hydrogens (tertiary/aromatic N) is 4. The molecule has 7 nitrogen and oxygen atoms in total. The zero-order valence-electron chi connectivity index (χ0n) is 14.9. The summed E-state index contributed by atoms with van der Waals surface area (Å²) in [5.74, 6) is 0.582. The number of nitrogens with one attached hydrogen (secondary N) is 1. The highest BCUT2D eigenvalue weighted by Crippen LogP contribution is 2.26. The Hall–Kier alpha value is -3.70. The average Bonchev–Trinajstić information content (AvgIpc) is 3.05. The summed E-state index contributed by atoms with van der Waals surface area (Å²) in [5.41, 5.74) is 3.25. The van der Waals surface area contributed by atoms with Gasteiger partial charge in [-0.15, -0.1) is 0 Å². The first-order chi connectivity index (χ1) is 13.5. The minimum atomic E-state index is -3.77. The molecule has 2 heterocycles. The Labute approximate surface area is 162 Å². The molecule has 0 aliphatic carbocycles. The number of hydrogen-bond donors (Lipinski definition) is 1. The van der Waals surface area contributed by atoms with Crippen molar-refractivity contribution in [2.24, 2.45) is 0 Å². The first-order valence-corrected chi connectivity index (χ1v) is 9.89. The quantitative estimate of drug-likeness (QED) is 0.577. The molecule has 0 fully saturated rings. The van der Waals surface area contributed by atoms with Crippen LogP contribution in [0.1, 0.15) is 11.3 Å². The highest BCUT2D eigenvalue weighted by Gasteiger charge is 2.16. The van der Waals surface area contributed by atoms with Crippen LogP contribution in [-0.2, 0) is 10.0 Å². The van der Waals surface area contributed by atoms with E-state index in [9.17, 15) is 8.42 Å². The van der Waals surface area contributed by atoms with Crippen molar-refractivity contribution >= 4 is 21.5 Å². The van der Waals surface area contributed by atoms with Crippen LogP contribution in [0.25, 0.3) is 17.0 Å². The number of aryl methyl sites for hydroxylation is 1. The number of fused-ring (bicyclic) bond motifs is 1. The van der Waals surface area contributed by atoms with Gasteiger partial charge in [-0.2, -0.15) is 5.26 Å². The molecule has 0 saturated heterocycles. The molecule has 0 radical (unpaired) electrons. The third kappa shape index (κ3) is 3.19. The Balaban J connectivity index is 1.68. The molecule has 0 aliphatic rings. The van der Waals surface area contributed by atoms with E-state index in [0.29, 0.717) is 17.0 Å².